The van der Waals surface area contributed by atoms with E-state index in [9.17, 15) is 0 Å². The lowest BCUT2D eigenvalue weighted by Gasteiger charge is -2.13. The number of hydrogen-bond acceptors (Lipinski definition) is 5. The van der Waals surface area contributed by atoms with Crippen LogP contribution in [-0.2, 0) is 0 Å². The third-order valence-electron chi connectivity index (χ3n) is 10.3. The van der Waals surface area contributed by atoms with E-state index in [0.29, 0.717) is 17.5 Å². The van der Waals surface area contributed by atoms with Crippen molar-refractivity contribution < 1.29 is 4.42 Å². The van der Waals surface area contributed by atoms with Crippen molar-refractivity contribution in [2.45, 2.75) is 0 Å². The predicted octanol–water partition coefficient (Wildman–Crippen LogP) is 13.6. The van der Waals surface area contributed by atoms with Crippen LogP contribution in [0.2, 0.25) is 0 Å². The lowest BCUT2D eigenvalue weighted by Crippen LogP contribution is -2.00. The predicted molar refractivity (Wildman–Crippen MR) is 225 cm³/mol. The van der Waals surface area contributed by atoms with E-state index in [0.717, 1.165) is 66.3 Å². The Morgan fingerprint density at radius 2 is 0.944 bits per heavy atom. The van der Waals surface area contributed by atoms with Crippen molar-refractivity contribution in [2.75, 3.05) is 0 Å². The van der Waals surface area contributed by atoms with Gasteiger partial charge in [-0.3, -0.25) is 0 Å². The van der Waals surface area contributed by atoms with Crippen molar-refractivity contribution in [3.05, 3.63) is 176 Å². The second-order valence-corrected chi connectivity index (χ2v) is 14.7. The highest BCUT2D eigenvalue weighted by Crippen LogP contribution is 2.38. The number of furan rings is 1. The molecule has 252 valence electrons. The summed E-state index contributed by atoms with van der Waals surface area (Å²) in [6, 6.07) is 61.6. The maximum absolute atomic E-state index is 6.25. The standard InChI is InChI=1S/C49H29N3OS/c1-2-11-30(12-3-1)41-28-36(26-33-13-4-5-16-37(33)41)49-51-47(50-48(52-49)35-22-24-46-42(27-35)40-18-7-9-20-45(40)54-46)34-15-10-14-31(25-34)32-21-23-39-38-17-6-8-19-43(38)53-44(39)29-32/h1-29H. The number of nitrogens with zero attached hydrogens (tertiary/aromatic N) is 3. The lowest BCUT2D eigenvalue weighted by molar-refractivity contribution is 0.669. The van der Waals surface area contributed by atoms with E-state index in [1.165, 1.54) is 25.6 Å². The summed E-state index contributed by atoms with van der Waals surface area (Å²) in [6.45, 7) is 0. The minimum absolute atomic E-state index is 0.617. The molecule has 8 aromatic carbocycles. The molecule has 0 aliphatic rings. The van der Waals surface area contributed by atoms with Gasteiger partial charge in [0.2, 0.25) is 0 Å². The van der Waals surface area contributed by atoms with Crippen LogP contribution in [-0.4, -0.2) is 15.0 Å². The largest absolute Gasteiger partial charge is 0.456 e. The molecular formula is C49H29N3OS. The Bertz CT molecular complexity index is 3230. The Balaban J connectivity index is 1.10. The Morgan fingerprint density at radius 1 is 0.333 bits per heavy atom. The molecule has 0 atom stereocenters. The molecule has 3 heterocycles. The maximum Gasteiger partial charge on any atom is 0.164 e. The molecule has 0 spiro atoms. The summed E-state index contributed by atoms with van der Waals surface area (Å²) in [5.41, 5.74) is 8.96. The average molecular weight is 708 g/mol. The van der Waals surface area contributed by atoms with Gasteiger partial charge in [-0.25, -0.2) is 15.0 Å². The molecule has 11 rings (SSSR count). The first-order valence-corrected chi connectivity index (χ1v) is 18.8. The molecule has 0 aliphatic heterocycles. The third-order valence-corrected chi connectivity index (χ3v) is 11.5. The van der Waals surface area contributed by atoms with Crippen LogP contribution >= 0.6 is 11.3 Å². The molecule has 11 aromatic rings. The van der Waals surface area contributed by atoms with Gasteiger partial charge in [0.1, 0.15) is 11.2 Å². The molecule has 3 aromatic heterocycles. The molecule has 0 unspecified atom stereocenters. The summed E-state index contributed by atoms with van der Waals surface area (Å²) in [4.78, 5) is 15.6. The zero-order valence-corrected chi connectivity index (χ0v) is 29.7. The summed E-state index contributed by atoms with van der Waals surface area (Å²) in [5.74, 6) is 1.88. The van der Waals surface area contributed by atoms with Crippen molar-refractivity contribution in [1.29, 1.82) is 0 Å². The average Bonchev–Trinajstić information content (AvgIpc) is 3.81. The van der Waals surface area contributed by atoms with Crippen molar-refractivity contribution in [3.63, 3.8) is 0 Å². The molecule has 0 amide bonds. The number of aromatic nitrogens is 3. The smallest absolute Gasteiger partial charge is 0.164 e. The monoisotopic (exact) mass is 707 g/mol. The van der Waals surface area contributed by atoms with Gasteiger partial charge in [-0.2, -0.15) is 0 Å². The molecular weight excluding hydrogens is 679 g/mol. The fourth-order valence-corrected chi connectivity index (χ4v) is 8.75. The topological polar surface area (TPSA) is 51.8 Å². The second-order valence-electron chi connectivity index (χ2n) is 13.6. The maximum atomic E-state index is 6.25. The number of thiophene rings is 1. The Morgan fingerprint density at radius 3 is 1.81 bits per heavy atom. The van der Waals surface area contributed by atoms with Gasteiger partial charge in [-0.15, -0.1) is 11.3 Å². The van der Waals surface area contributed by atoms with Gasteiger partial charge < -0.3 is 4.42 Å². The molecule has 0 saturated carbocycles. The number of benzene rings is 8. The minimum Gasteiger partial charge on any atom is -0.456 e. The third kappa shape index (κ3) is 5.17. The Kier molecular flexibility index (Phi) is 7.00. The zero-order chi connectivity index (χ0) is 35.6. The first-order valence-electron chi connectivity index (χ1n) is 18.0. The van der Waals surface area contributed by atoms with E-state index in [1.807, 2.05) is 29.5 Å². The van der Waals surface area contributed by atoms with Crippen LogP contribution in [0.25, 0.3) is 109 Å². The SMILES string of the molecule is c1ccc(-c2cc(-c3nc(-c4cccc(-c5ccc6c(c5)oc5ccccc56)c4)nc(-c4ccc5sc6ccccc6c5c4)n3)cc3ccccc23)cc1. The van der Waals surface area contributed by atoms with Crippen LogP contribution in [0.15, 0.2) is 180 Å². The van der Waals surface area contributed by atoms with Gasteiger partial charge in [-0.05, 0) is 93.7 Å². The highest BCUT2D eigenvalue weighted by atomic mass is 32.1. The fourth-order valence-electron chi connectivity index (χ4n) is 7.67. The molecule has 0 aliphatic carbocycles. The minimum atomic E-state index is 0.617. The number of fused-ring (bicyclic) bond motifs is 7. The summed E-state index contributed by atoms with van der Waals surface area (Å²) >= 11 is 1.81. The van der Waals surface area contributed by atoms with E-state index in [2.05, 4.69) is 158 Å². The van der Waals surface area contributed by atoms with Gasteiger partial charge in [0.15, 0.2) is 17.5 Å². The van der Waals surface area contributed by atoms with Gasteiger partial charge in [-0.1, -0.05) is 115 Å². The normalized spacial score (nSPS) is 11.7. The number of para-hydroxylation sites is 1. The second kappa shape index (κ2) is 12.3. The molecule has 0 saturated heterocycles. The van der Waals surface area contributed by atoms with Crippen molar-refractivity contribution in [2.24, 2.45) is 0 Å². The Hall–Kier alpha value is -6.95. The first-order chi connectivity index (χ1) is 26.7. The van der Waals surface area contributed by atoms with Crippen molar-refractivity contribution in [1.82, 2.24) is 15.0 Å². The van der Waals surface area contributed by atoms with Gasteiger partial charge in [0, 0.05) is 47.6 Å². The van der Waals surface area contributed by atoms with Crippen LogP contribution in [0, 0.1) is 0 Å². The van der Waals surface area contributed by atoms with Gasteiger partial charge >= 0.3 is 0 Å². The first kappa shape index (κ1) is 30.7. The molecule has 5 heteroatoms. The van der Waals surface area contributed by atoms with Crippen LogP contribution in [0.3, 0.4) is 0 Å². The molecule has 0 radical (unpaired) electrons. The lowest BCUT2D eigenvalue weighted by atomic mass is 9.95. The van der Waals surface area contributed by atoms with Crippen molar-refractivity contribution >= 4 is 64.2 Å². The summed E-state index contributed by atoms with van der Waals surface area (Å²) in [7, 11) is 0. The molecule has 0 bridgehead atoms. The summed E-state index contributed by atoms with van der Waals surface area (Å²) < 4.78 is 8.76. The quantitative estimate of drug-likeness (QED) is 0.179. The van der Waals surface area contributed by atoms with E-state index in [4.69, 9.17) is 19.4 Å². The highest BCUT2D eigenvalue weighted by molar-refractivity contribution is 7.25. The van der Waals surface area contributed by atoms with Crippen molar-refractivity contribution in [3.8, 4) is 56.4 Å². The number of rotatable bonds is 5. The summed E-state index contributed by atoms with van der Waals surface area (Å²) in [5, 5.41) is 6.99. The van der Waals surface area contributed by atoms with E-state index in [-0.39, 0.29) is 0 Å². The van der Waals surface area contributed by atoms with Crippen LogP contribution in [0.4, 0.5) is 0 Å². The van der Waals surface area contributed by atoms with E-state index < -0.39 is 0 Å². The molecule has 54 heavy (non-hydrogen) atoms. The Labute approximate surface area is 314 Å². The fraction of sp³-hybridized carbons (Fsp3) is 0. The molecule has 0 N–H and O–H groups in total. The number of hydrogen-bond donors (Lipinski definition) is 0. The van der Waals surface area contributed by atoms with E-state index in [1.54, 1.807) is 0 Å². The van der Waals surface area contributed by atoms with Crippen LogP contribution in [0.1, 0.15) is 0 Å². The van der Waals surface area contributed by atoms with Crippen LogP contribution in [0.5, 0.6) is 0 Å². The molecule has 4 nitrogen and oxygen atoms in total. The summed E-state index contributed by atoms with van der Waals surface area (Å²) in [6.07, 6.45) is 0. The van der Waals surface area contributed by atoms with Gasteiger partial charge in [0.25, 0.3) is 0 Å². The van der Waals surface area contributed by atoms with Gasteiger partial charge in [0.05, 0.1) is 0 Å². The molecule has 0 fully saturated rings. The van der Waals surface area contributed by atoms with E-state index >= 15 is 0 Å². The zero-order valence-electron chi connectivity index (χ0n) is 28.9. The van der Waals surface area contributed by atoms with Crippen LogP contribution < -0.4 is 0 Å². The highest BCUT2D eigenvalue weighted by Gasteiger charge is 2.17.